The maximum atomic E-state index is 12.8. The van der Waals surface area contributed by atoms with Gasteiger partial charge in [-0.3, -0.25) is 4.79 Å². The zero-order valence-corrected chi connectivity index (χ0v) is 25.6. The van der Waals surface area contributed by atoms with Gasteiger partial charge < -0.3 is 20.0 Å². The Bertz CT molecular complexity index is 1690. The van der Waals surface area contributed by atoms with Crippen LogP contribution in [-0.4, -0.2) is 65.1 Å². The summed E-state index contributed by atoms with van der Waals surface area (Å²) in [6.45, 7) is 7.53. The molecule has 12 heteroatoms. The Morgan fingerprint density at radius 1 is 1.00 bits per heavy atom. The quantitative estimate of drug-likeness (QED) is 0.278. The number of aldehydes is 1. The van der Waals surface area contributed by atoms with Crippen LogP contribution in [0.1, 0.15) is 95.3 Å². The largest absolute Gasteiger partial charge is 0.383 e. The first kappa shape index (κ1) is 28.5. The molecule has 0 spiro atoms. The van der Waals surface area contributed by atoms with Gasteiger partial charge in [0.15, 0.2) is 17.2 Å². The lowest BCUT2D eigenvalue weighted by atomic mass is 9.80. The van der Waals surface area contributed by atoms with E-state index in [1.54, 1.807) is 0 Å². The Hall–Kier alpha value is -4.22. The van der Waals surface area contributed by atoms with Gasteiger partial charge in [0.2, 0.25) is 5.91 Å². The third-order valence-corrected chi connectivity index (χ3v) is 9.47. The molecule has 4 aromatic heterocycles. The number of nitrogens with zero attached hydrogens (tertiary/aromatic N) is 8. The van der Waals surface area contributed by atoms with Gasteiger partial charge in [-0.25, -0.2) is 24.6 Å². The fourth-order valence-electron chi connectivity index (χ4n) is 6.58. The molecule has 2 aliphatic carbocycles. The molecule has 5 heterocycles. The number of carbonyl (C=O) groups excluding carboxylic acids is 2. The molecule has 2 saturated carbocycles. The fourth-order valence-corrected chi connectivity index (χ4v) is 6.58. The minimum Gasteiger partial charge on any atom is -0.383 e. The molecule has 1 saturated heterocycles. The molecule has 230 valence electrons. The maximum absolute atomic E-state index is 12.8. The molecule has 2 N–H and O–H groups in total. The SMILES string of the molecule is CC(C)(C)n1nc(-c2noc(C3CC3)c2-c2ncc(C3CN(C(=O)CCC4CCC(C=O)CC4)C3)cn2)c2c(N)ncnc21. The van der Waals surface area contributed by atoms with Crippen molar-refractivity contribution in [3.05, 3.63) is 30.0 Å². The third kappa shape index (κ3) is 5.24. The van der Waals surface area contributed by atoms with E-state index in [9.17, 15) is 9.59 Å². The van der Waals surface area contributed by atoms with E-state index >= 15 is 0 Å². The van der Waals surface area contributed by atoms with Crippen LogP contribution in [0, 0.1) is 11.8 Å². The summed E-state index contributed by atoms with van der Waals surface area (Å²) < 4.78 is 7.76. The van der Waals surface area contributed by atoms with Crippen molar-refractivity contribution >= 4 is 29.0 Å². The smallest absolute Gasteiger partial charge is 0.222 e. The van der Waals surface area contributed by atoms with E-state index < -0.39 is 0 Å². The van der Waals surface area contributed by atoms with Gasteiger partial charge >= 0.3 is 0 Å². The van der Waals surface area contributed by atoms with Crippen LogP contribution in [0.3, 0.4) is 0 Å². The summed E-state index contributed by atoms with van der Waals surface area (Å²) in [4.78, 5) is 44.1. The molecule has 1 amide bonds. The molecule has 0 bridgehead atoms. The van der Waals surface area contributed by atoms with Crippen molar-refractivity contribution in [1.82, 2.24) is 39.8 Å². The minimum absolute atomic E-state index is 0.212. The second-order valence-electron chi connectivity index (χ2n) is 13.7. The van der Waals surface area contributed by atoms with Gasteiger partial charge in [0.05, 0.1) is 16.5 Å². The summed E-state index contributed by atoms with van der Waals surface area (Å²) >= 11 is 0. The van der Waals surface area contributed by atoms with Crippen molar-refractivity contribution in [3.8, 4) is 22.8 Å². The number of hydrogen-bond acceptors (Lipinski definition) is 10. The summed E-state index contributed by atoms with van der Waals surface area (Å²) in [7, 11) is 0. The predicted molar refractivity (Wildman–Crippen MR) is 163 cm³/mol. The lowest BCUT2D eigenvalue weighted by molar-refractivity contribution is -0.136. The van der Waals surface area contributed by atoms with E-state index in [4.69, 9.17) is 25.3 Å². The molecule has 0 atom stereocenters. The Balaban J connectivity index is 1.08. The summed E-state index contributed by atoms with van der Waals surface area (Å²) in [6, 6.07) is 0. The monoisotopic (exact) mass is 597 g/mol. The highest BCUT2D eigenvalue weighted by molar-refractivity contribution is 6.00. The van der Waals surface area contributed by atoms with Crippen LogP contribution in [-0.2, 0) is 15.1 Å². The van der Waals surface area contributed by atoms with Crippen LogP contribution in [0.15, 0.2) is 23.2 Å². The van der Waals surface area contributed by atoms with Gasteiger partial charge in [0.1, 0.15) is 29.8 Å². The van der Waals surface area contributed by atoms with Crippen LogP contribution in [0.5, 0.6) is 0 Å². The number of fused-ring (bicyclic) bond motifs is 1. The van der Waals surface area contributed by atoms with Gasteiger partial charge in [-0.1, -0.05) is 5.16 Å². The van der Waals surface area contributed by atoms with E-state index in [-0.39, 0.29) is 29.2 Å². The summed E-state index contributed by atoms with van der Waals surface area (Å²) in [5.41, 5.74) is 9.47. The molecule has 0 unspecified atom stereocenters. The standard InChI is InChI=1S/C32H39N9O3/c1-32(2,3)41-31-25(29(33)36-17-37-31)26(38-41)27-24(28(44-39-27)20-9-10-20)30-34-12-21(13-35-30)22-14-40(15-22)23(43)11-8-18-4-6-19(16-42)7-5-18/h12-13,16-20,22H,4-11,14-15H2,1-3H3,(H2,33,36,37). The van der Waals surface area contributed by atoms with Crippen molar-refractivity contribution < 1.29 is 14.1 Å². The summed E-state index contributed by atoms with van der Waals surface area (Å²) in [5, 5.41) is 10.0. The van der Waals surface area contributed by atoms with Gasteiger partial charge in [-0.05, 0) is 77.2 Å². The normalized spacial score (nSPS) is 21.0. The number of carbonyl (C=O) groups is 2. The van der Waals surface area contributed by atoms with E-state index in [1.807, 2.05) is 22.0 Å². The maximum Gasteiger partial charge on any atom is 0.222 e. The Morgan fingerprint density at radius 2 is 1.73 bits per heavy atom. The van der Waals surface area contributed by atoms with Crippen LogP contribution in [0.25, 0.3) is 33.8 Å². The van der Waals surface area contributed by atoms with E-state index in [1.165, 1.54) is 6.33 Å². The molecule has 0 aromatic carbocycles. The van der Waals surface area contributed by atoms with E-state index in [0.29, 0.717) is 59.5 Å². The summed E-state index contributed by atoms with van der Waals surface area (Å²) in [5.74, 6) is 3.08. The minimum atomic E-state index is -0.354. The highest BCUT2D eigenvalue weighted by Gasteiger charge is 2.37. The third-order valence-electron chi connectivity index (χ3n) is 9.47. The molecular weight excluding hydrogens is 558 g/mol. The topological polar surface area (TPSA) is 159 Å². The van der Waals surface area contributed by atoms with Gasteiger partial charge in [-0.15, -0.1) is 0 Å². The molecule has 44 heavy (non-hydrogen) atoms. The number of likely N-dealkylation sites (tertiary alicyclic amines) is 1. The molecule has 0 radical (unpaired) electrons. The predicted octanol–water partition coefficient (Wildman–Crippen LogP) is 4.86. The van der Waals surface area contributed by atoms with E-state index in [2.05, 4.69) is 35.9 Å². The van der Waals surface area contributed by atoms with Crippen molar-refractivity contribution in [2.45, 2.75) is 89.5 Å². The second-order valence-corrected chi connectivity index (χ2v) is 13.7. The Morgan fingerprint density at radius 3 is 2.39 bits per heavy atom. The average Bonchev–Trinajstić information content (AvgIpc) is 3.61. The Kier molecular flexibility index (Phi) is 7.17. The number of rotatable bonds is 8. The first-order valence-corrected chi connectivity index (χ1v) is 15.8. The van der Waals surface area contributed by atoms with Crippen molar-refractivity contribution in [2.75, 3.05) is 18.8 Å². The molecule has 7 rings (SSSR count). The lowest BCUT2D eigenvalue weighted by Gasteiger charge is -2.39. The highest BCUT2D eigenvalue weighted by Crippen LogP contribution is 2.48. The van der Waals surface area contributed by atoms with Crippen LogP contribution >= 0.6 is 0 Å². The summed E-state index contributed by atoms with van der Waals surface area (Å²) in [6.07, 6.45) is 13.8. The fraction of sp³-hybridized carbons (Fsp3) is 0.562. The highest BCUT2D eigenvalue weighted by atomic mass is 16.5. The molecule has 1 aliphatic heterocycles. The zero-order valence-electron chi connectivity index (χ0n) is 25.6. The second kappa shape index (κ2) is 11.0. The Labute approximate surface area is 255 Å². The van der Waals surface area contributed by atoms with Crippen molar-refractivity contribution in [1.29, 1.82) is 0 Å². The number of anilines is 1. The van der Waals surface area contributed by atoms with Gasteiger partial charge in [0.25, 0.3) is 0 Å². The molecule has 3 fully saturated rings. The number of hydrogen-bond donors (Lipinski definition) is 1. The molecule has 4 aromatic rings. The van der Waals surface area contributed by atoms with Crippen molar-refractivity contribution in [2.24, 2.45) is 11.8 Å². The number of amides is 1. The number of nitrogen functional groups attached to an aromatic ring is 1. The number of aromatic nitrogens is 7. The first-order chi connectivity index (χ1) is 21.2. The van der Waals surface area contributed by atoms with Gasteiger partial charge in [0, 0.05) is 49.7 Å². The van der Waals surface area contributed by atoms with Crippen LogP contribution in [0.2, 0.25) is 0 Å². The zero-order chi connectivity index (χ0) is 30.6. The first-order valence-electron chi connectivity index (χ1n) is 15.8. The number of nitrogens with two attached hydrogens (primary N) is 1. The average molecular weight is 598 g/mol. The molecular formula is C32H39N9O3. The van der Waals surface area contributed by atoms with Crippen LogP contribution < -0.4 is 5.73 Å². The van der Waals surface area contributed by atoms with Crippen molar-refractivity contribution in [3.63, 3.8) is 0 Å². The van der Waals surface area contributed by atoms with Gasteiger partial charge in [-0.2, -0.15) is 5.10 Å². The van der Waals surface area contributed by atoms with Crippen LogP contribution in [0.4, 0.5) is 5.82 Å². The van der Waals surface area contributed by atoms with E-state index in [0.717, 1.165) is 68.1 Å². The molecule has 12 nitrogen and oxygen atoms in total. The molecule has 3 aliphatic rings. The lowest BCUT2D eigenvalue weighted by Crippen LogP contribution is -2.48.